The number of nitrogen functional groups attached to an aromatic ring is 1. The Morgan fingerprint density at radius 3 is 2.45 bits per heavy atom. The first-order valence-corrected chi connectivity index (χ1v) is 13.0. The minimum Gasteiger partial charge on any atom is -0.436 e. The number of aromatic nitrogens is 4. The van der Waals surface area contributed by atoms with Crippen molar-refractivity contribution in [3.8, 4) is 17.3 Å². The van der Waals surface area contributed by atoms with Crippen molar-refractivity contribution in [2.45, 2.75) is 33.2 Å². The molecule has 3 amide bonds. The molecule has 0 aliphatic carbocycles. The van der Waals surface area contributed by atoms with Crippen LogP contribution in [0.4, 0.5) is 20.7 Å². The van der Waals surface area contributed by atoms with Crippen LogP contribution in [0.3, 0.4) is 0 Å². The molecule has 6 rings (SSSR count). The van der Waals surface area contributed by atoms with Gasteiger partial charge in [0.15, 0.2) is 11.6 Å². The number of halogens is 1. The molecule has 1 saturated heterocycles. The third-order valence-electron chi connectivity index (χ3n) is 7.17. The van der Waals surface area contributed by atoms with E-state index in [-0.39, 0.29) is 34.6 Å². The summed E-state index contributed by atoms with van der Waals surface area (Å²) in [5.74, 6) is -0.936. The maximum absolute atomic E-state index is 14.0. The van der Waals surface area contributed by atoms with Crippen LogP contribution in [-0.4, -0.2) is 43.0 Å². The molecular formula is C30H26FN7O4. The first-order chi connectivity index (χ1) is 19.9. The molecule has 4 N–H and O–H groups in total. The first kappa shape index (κ1) is 26.7. The van der Waals surface area contributed by atoms with Gasteiger partial charge in [-0.2, -0.15) is 5.10 Å². The van der Waals surface area contributed by atoms with Crippen molar-refractivity contribution in [2.24, 2.45) is 0 Å². The standard InChI is InChI=1S/C30H26FN7O4/c1-15-9-17-11-21(35-20(17)12-22(15)37-28(40)30(3,4)36-29(37)41)26(39)18-13-34-38(27(18)32)23-14-33-25(10-16(23)2)42-24-8-6-5-7-19(24)31/h5-14,35H,32H2,1-4H3,(H,36,41). The van der Waals surface area contributed by atoms with Gasteiger partial charge in [-0.3, -0.25) is 9.59 Å². The van der Waals surface area contributed by atoms with Gasteiger partial charge in [-0.25, -0.2) is 23.8 Å². The summed E-state index contributed by atoms with van der Waals surface area (Å²) in [5, 5.41) is 7.71. The van der Waals surface area contributed by atoms with Crippen molar-refractivity contribution in [3.63, 3.8) is 0 Å². The zero-order valence-corrected chi connectivity index (χ0v) is 23.2. The molecule has 1 aliphatic heterocycles. The van der Waals surface area contributed by atoms with Gasteiger partial charge < -0.3 is 20.8 Å². The maximum atomic E-state index is 14.0. The van der Waals surface area contributed by atoms with Gasteiger partial charge in [0.25, 0.3) is 5.91 Å². The Balaban J connectivity index is 1.29. The van der Waals surface area contributed by atoms with E-state index in [4.69, 9.17) is 10.5 Å². The summed E-state index contributed by atoms with van der Waals surface area (Å²) in [6.45, 7) is 6.86. The van der Waals surface area contributed by atoms with Crippen LogP contribution in [0.15, 0.2) is 60.9 Å². The van der Waals surface area contributed by atoms with Crippen LogP contribution < -0.4 is 20.7 Å². The highest BCUT2D eigenvalue weighted by atomic mass is 19.1. The quantitative estimate of drug-likeness (QED) is 0.194. The number of benzene rings is 2. The molecule has 4 heterocycles. The number of urea groups is 1. The third-order valence-corrected chi connectivity index (χ3v) is 7.17. The van der Waals surface area contributed by atoms with Gasteiger partial charge in [-0.15, -0.1) is 0 Å². The number of nitrogens with two attached hydrogens (primary N) is 1. The van der Waals surface area contributed by atoms with Gasteiger partial charge in [0.1, 0.15) is 11.4 Å². The number of aryl methyl sites for hydroxylation is 2. The second kappa shape index (κ2) is 9.54. The number of imide groups is 1. The monoisotopic (exact) mass is 567 g/mol. The summed E-state index contributed by atoms with van der Waals surface area (Å²) >= 11 is 0. The predicted octanol–water partition coefficient (Wildman–Crippen LogP) is 4.94. The van der Waals surface area contributed by atoms with Gasteiger partial charge in [-0.1, -0.05) is 12.1 Å². The number of hydrogen-bond donors (Lipinski definition) is 3. The fourth-order valence-electron chi connectivity index (χ4n) is 4.92. The van der Waals surface area contributed by atoms with Gasteiger partial charge in [0.2, 0.25) is 11.7 Å². The van der Waals surface area contributed by atoms with Crippen LogP contribution in [0.1, 0.15) is 41.0 Å². The number of nitrogens with one attached hydrogen (secondary N) is 2. The highest BCUT2D eigenvalue weighted by Gasteiger charge is 2.45. The van der Waals surface area contributed by atoms with Gasteiger partial charge in [-0.05, 0) is 69.2 Å². The van der Waals surface area contributed by atoms with E-state index >= 15 is 0 Å². The molecule has 0 saturated carbocycles. The molecule has 42 heavy (non-hydrogen) atoms. The Bertz CT molecular complexity index is 1940. The van der Waals surface area contributed by atoms with Crippen LogP contribution in [0, 0.1) is 19.7 Å². The smallest absolute Gasteiger partial charge is 0.329 e. The number of ether oxygens (including phenoxy) is 1. The number of fused-ring (bicyclic) bond motifs is 1. The van der Waals surface area contributed by atoms with Crippen LogP contribution in [0.2, 0.25) is 0 Å². The largest absolute Gasteiger partial charge is 0.436 e. The lowest BCUT2D eigenvalue weighted by Gasteiger charge is -2.18. The van der Waals surface area contributed by atoms with E-state index in [2.05, 4.69) is 20.4 Å². The Kier molecular flexibility index (Phi) is 6.07. The van der Waals surface area contributed by atoms with Crippen LogP contribution in [-0.2, 0) is 4.79 Å². The highest BCUT2D eigenvalue weighted by Crippen LogP contribution is 2.32. The number of rotatable bonds is 6. The lowest BCUT2D eigenvalue weighted by atomic mass is 10.1. The molecule has 0 bridgehead atoms. The zero-order chi connectivity index (χ0) is 29.9. The summed E-state index contributed by atoms with van der Waals surface area (Å²) in [7, 11) is 0. The second-order valence-corrected chi connectivity index (χ2v) is 10.6. The lowest BCUT2D eigenvalue weighted by molar-refractivity contribution is -0.121. The van der Waals surface area contributed by atoms with Crippen molar-refractivity contribution >= 4 is 40.1 Å². The van der Waals surface area contributed by atoms with Crippen LogP contribution in [0.5, 0.6) is 11.6 Å². The number of para-hydroxylation sites is 1. The molecule has 3 aromatic heterocycles. The maximum Gasteiger partial charge on any atom is 0.329 e. The number of H-pyrrole nitrogens is 1. The van der Waals surface area contributed by atoms with Gasteiger partial charge >= 0.3 is 6.03 Å². The molecule has 1 aliphatic rings. The topological polar surface area (TPSA) is 148 Å². The zero-order valence-electron chi connectivity index (χ0n) is 23.2. The number of aromatic amines is 1. The fourth-order valence-corrected chi connectivity index (χ4v) is 4.92. The molecular weight excluding hydrogens is 541 g/mol. The van der Waals surface area contributed by atoms with E-state index in [1.54, 1.807) is 64.1 Å². The van der Waals surface area contributed by atoms with Crippen molar-refractivity contribution in [1.29, 1.82) is 0 Å². The van der Waals surface area contributed by atoms with Gasteiger partial charge in [0.05, 0.1) is 35.0 Å². The highest BCUT2D eigenvalue weighted by molar-refractivity contribution is 6.24. The fraction of sp³-hybridized carbons (Fsp3) is 0.167. The van der Waals surface area contributed by atoms with Crippen LogP contribution in [0.25, 0.3) is 16.6 Å². The van der Waals surface area contributed by atoms with E-state index in [9.17, 15) is 18.8 Å². The predicted molar refractivity (Wildman–Crippen MR) is 154 cm³/mol. The molecule has 0 radical (unpaired) electrons. The Hall–Kier alpha value is -5.52. The number of carbonyl (C=O) groups is 3. The first-order valence-electron chi connectivity index (χ1n) is 13.0. The molecule has 0 atom stereocenters. The molecule has 2 aromatic carbocycles. The molecule has 0 spiro atoms. The number of nitrogens with zero attached hydrogens (tertiary/aromatic N) is 4. The summed E-state index contributed by atoms with van der Waals surface area (Å²) in [6.07, 6.45) is 2.85. The van der Waals surface area contributed by atoms with E-state index in [0.29, 0.717) is 28.0 Å². The summed E-state index contributed by atoms with van der Waals surface area (Å²) in [6, 6.07) is 12.3. The van der Waals surface area contributed by atoms with Crippen molar-refractivity contribution in [2.75, 3.05) is 10.6 Å². The summed E-state index contributed by atoms with van der Waals surface area (Å²) < 4.78 is 20.9. The number of anilines is 2. The average Bonchev–Trinajstić information content (AvgIpc) is 3.58. The summed E-state index contributed by atoms with van der Waals surface area (Å²) in [4.78, 5) is 47.4. The van der Waals surface area contributed by atoms with Crippen molar-refractivity contribution in [3.05, 3.63) is 89.1 Å². The second-order valence-electron chi connectivity index (χ2n) is 10.6. The Labute approximate surface area is 239 Å². The molecule has 0 unspecified atom stereocenters. The lowest BCUT2D eigenvalue weighted by Crippen LogP contribution is -2.40. The number of carbonyl (C=O) groups excluding carboxylic acids is 3. The summed E-state index contributed by atoms with van der Waals surface area (Å²) in [5.41, 5.74) is 8.67. The normalized spacial score (nSPS) is 14.5. The SMILES string of the molecule is Cc1cc2cc(C(=O)c3cnn(-c4cnc(Oc5ccccc5F)cc4C)c3N)[nH]c2cc1N1C(=O)NC(C)(C)C1=O. The molecule has 11 nitrogen and oxygen atoms in total. The number of hydrogen-bond acceptors (Lipinski definition) is 7. The van der Waals surface area contributed by atoms with Crippen LogP contribution >= 0.6 is 0 Å². The number of ketones is 1. The molecule has 12 heteroatoms. The van der Waals surface area contributed by atoms with Crippen molar-refractivity contribution < 1.29 is 23.5 Å². The molecule has 1 fully saturated rings. The third kappa shape index (κ3) is 4.33. The average molecular weight is 568 g/mol. The molecule has 5 aromatic rings. The minimum atomic E-state index is -1.02. The van der Waals surface area contributed by atoms with E-state index in [1.807, 2.05) is 0 Å². The molecule has 212 valence electrons. The van der Waals surface area contributed by atoms with E-state index in [0.717, 1.165) is 10.3 Å². The number of amides is 3. The van der Waals surface area contributed by atoms with Crippen molar-refractivity contribution in [1.82, 2.24) is 25.1 Å². The minimum absolute atomic E-state index is 0.0448. The number of pyridine rings is 1. The van der Waals surface area contributed by atoms with Gasteiger partial charge in [0, 0.05) is 17.0 Å². The Morgan fingerprint density at radius 1 is 1.02 bits per heavy atom. The van der Waals surface area contributed by atoms with E-state index in [1.165, 1.54) is 29.2 Å². The van der Waals surface area contributed by atoms with E-state index < -0.39 is 23.2 Å². The Morgan fingerprint density at radius 2 is 1.76 bits per heavy atom.